The van der Waals surface area contributed by atoms with E-state index in [1.165, 1.54) is 28.4 Å². The number of thiophene rings is 1. The van der Waals surface area contributed by atoms with Gasteiger partial charge in [-0.2, -0.15) is 11.3 Å². The van der Waals surface area contributed by atoms with E-state index < -0.39 is 0 Å². The number of hydrogen-bond donors (Lipinski definition) is 1. The molecule has 0 bridgehead atoms. The molecule has 0 radical (unpaired) electrons. The zero-order valence-corrected chi connectivity index (χ0v) is 8.72. The number of hydrogen-bond acceptors (Lipinski definition) is 4. The van der Waals surface area contributed by atoms with Gasteiger partial charge in [0, 0.05) is 5.38 Å². The number of aromatic nitrogens is 2. The molecule has 0 aliphatic carbocycles. The van der Waals surface area contributed by atoms with Crippen LogP contribution in [0.2, 0.25) is 0 Å². The van der Waals surface area contributed by atoms with Gasteiger partial charge in [-0.1, -0.05) is 0 Å². The first-order valence-electron chi connectivity index (χ1n) is 3.64. The minimum Gasteiger partial charge on any atom is -0.393 e. The second-order valence-electron chi connectivity index (χ2n) is 2.51. The predicted octanol–water partition coefficient (Wildman–Crippen LogP) is 1.30. The van der Waals surface area contributed by atoms with Crippen LogP contribution in [0.4, 0.5) is 5.69 Å². The van der Waals surface area contributed by atoms with E-state index in [9.17, 15) is 4.79 Å². The smallest absolute Gasteiger partial charge is 0.281 e. The molecule has 2 rings (SSSR count). The first-order chi connectivity index (χ1) is 6.29. The highest BCUT2D eigenvalue weighted by Crippen LogP contribution is 2.09. The number of nitrogens with two attached hydrogens (primary N) is 1. The van der Waals surface area contributed by atoms with Crippen LogP contribution in [-0.4, -0.2) is 9.55 Å². The number of nitrogens with zero attached hydrogens (tertiary/aromatic N) is 2. The summed E-state index contributed by atoms with van der Waals surface area (Å²) in [6.07, 6.45) is 2.81. The second-order valence-corrected chi connectivity index (χ2v) is 3.29. The molecule has 0 aliphatic heterocycles. The number of nitrogen functional groups attached to an aromatic ring is 1. The molecule has 4 nitrogen and oxygen atoms in total. The fourth-order valence-electron chi connectivity index (χ4n) is 1.01. The van der Waals surface area contributed by atoms with Gasteiger partial charge in [-0.25, -0.2) is 4.98 Å². The average Bonchev–Trinajstić information content (AvgIpc) is 2.62. The van der Waals surface area contributed by atoms with Crippen molar-refractivity contribution in [3.63, 3.8) is 0 Å². The molecule has 0 aromatic carbocycles. The van der Waals surface area contributed by atoms with Crippen molar-refractivity contribution in [2.24, 2.45) is 0 Å². The Kier molecular flexibility index (Phi) is 3.27. The SMILES string of the molecule is Cl.Nc1cncn(-c2ccsc2)c1=O. The fourth-order valence-corrected chi connectivity index (χ4v) is 1.63. The van der Waals surface area contributed by atoms with Crippen molar-refractivity contribution in [2.45, 2.75) is 0 Å². The van der Waals surface area contributed by atoms with Crippen LogP contribution in [0.1, 0.15) is 0 Å². The molecule has 0 aliphatic rings. The molecule has 2 aromatic heterocycles. The van der Waals surface area contributed by atoms with Gasteiger partial charge in [0.1, 0.15) is 12.0 Å². The molecule has 2 aromatic rings. The molecule has 14 heavy (non-hydrogen) atoms. The number of halogens is 1. The summed E-state index contributed by atoms with van der Waals surface area (Å²) in [5.74, 6) is 0. The summed E-state index contributed by atoms with van der Waals surface area (Å²) in [6, 6.07) is 1.84. The Balaban J connectivity index is 0.000000980. The summed E-state index contributed by atoms with van der Waals surface area (Å²) in [6.45, 7) is 0. The number of rotatable bonds is 1. The van der Waals surface area contributed by atoms with Crippen molar-refractivity contribution >= 4 is 29.4 Å². The highest BCUT2D eigenvalue weighted by molar-refractivity contribution is 7.08. The van der Waals surface area contributed by atoms with Crippen LogP contribution >= 0.6 is 23.7 Å². The molecule has 0 saturated heterocycles. The highest BCUT2D eigenvalue weighted by Gasteiger charge is 2.01. The van der Waals surface area contributed by atoms with Crippen molar-refractivity contribution in [1.29, 1.82) is 0 Å². The molecule has 2 N–H and O–H groups in total. The molecule has 0 spiro atoms. The van der Waals surface area contributed by atoms with Gasteiger partial charge in [-0.3, -0.25) is 9.36 Å². The predicted molar refractivity (Wildman–Crippen MR) is 59.4 cm³/mol. The van der Waals surface area contributed by atoms with E-state index in [0.717, 1.165) is 5.69 Å². The van der Waals surface area contributed by atoms with Crippen LogP contribution < -0.4 is 11.3 Å². The fraction of sp³-hybridized carbons (Fsp3) is 0. The Morgan fingerprint density at radius 3 is 2.93 bits per heavy atom. The van der Waals surface area contributed by atoms with E-state index >= 15 is 0 Å². The van der Waals surface area contributed by atoms with Crippen LogP contribution in [-0.2, 0) is 0 Å². The van der Waals surface area contributed by atoms with E-state index in [1.54, 1.807) is 0 Å². The zero-order chi connectivity index (χ0) is 9.26. The molecular weight excluding hydrogens is 222 g/mol. The van der Waals surface area contributed by atoms with Gasteiger partial charge in [-0.05, 0) is 11.4 Å². The largest absolute Gasteiger partial charge is 0.393 e. The van der Waals surface area contributed by atoms with E-state index in [2.05, 4.69) is 4.98 Å². The summed E-state index contributed by atoms with van der Waals surface area (Å²) < 4.78 is 1.42. The van der Waals surface area contributed by atoms with Gasteiger partial charge in [0.2, 0.25) is 0 Å². The highest BCUT2D eigenvalue weighted by atomic mass is 35.5. The minimum atomic E-state index is -0.228. The molecule has 6 heteroatoms. The van der Waals surface area contributed by atoms with Crippen LogP contribution in [0.3, 0.4) is 0 Å². The van der Waals surface area contributed by atoms with Crippen LogP contribution in [0.25, 0.3) is 5.69 Å². The van der Waals surface area contributed by atoms with E-state index in [0.29, 0.717) is 0 Å². The van der Waals surface area contributed by atoms with Crippen molar-refractivity contribution < 1.29 is 0 Å². The van der Waals surface area contributed by atoms with Crippen molar-refractivity contribution in [3.8, 4) is 5.69 Å². The lowest BCUT2D eigenvalue weighted by Gasteiger charge is -2.01. The van der Waals surface area contributed by atoms with Gasteiger partial charge in [0.15, 0.2) is 0 Å². The van der Waals surface area contributed by atoms with Gasteiger partial charge < -0.3 is 5.73 Å². The summed E-state index contributed by atoms with van der Waals surface area (Å²) in [7, 11) is 0. The Morgan fingerprint density at radius 1 is 1.50 bits per heavy atom. The van der Waals surface area contributed by atoms with Crippen molar-refractivity contribution in [3.05, 3.63) is 39.7 Å². The number of anilines is 1. The maximum absolute atomic E-state index is 11.5. The van der Waals surface area contributed by atoms with Gasteiger partial charge in [0.25, 0.3) is 5.56 Å². The monoisotopic (exact) mass is 229 g/mol. The molecule has 2 heterocycles. The van der Waals surface area contributed by atoms with E-state index in [4.69, 9.17) is 5.73 Å². The third-order valence-electron chi connectivity index (χ3n) is 1.65. The Morgan fingerprint density at radius 2 is 2.29 bits per heavy atom. The second kappa shape index (κ2) is 4.26. The minimum absolute atomic E-state index is 0. The molecule has 74 valence electrons. The molecule has 0 atom stereocenters. The van der Waals surface area contributed by atoms with E-state index in [-0.39, 0.29) is 23.7 Å². The molecule has 0 fully saturated rings. The standard InChI is InChI=1S/C8H7N3OS.ClH/c9-7-3-10-5-11(8(7)12)6-1-2-13-4-6;/h1-5H,9H2;1H. The Hall–Kier alpha value is -1.33. The quantitative estimate of drug-likeness (QED) is 0.802. The van der Waals surface area contributed by atoms with E-state index in [1.807, 2.05) is 16.8 Å². The third-order valence-corrected chi connectivity index (χ3v) is 2.32. The lowest BCUT2D eigenvalue weighted by atomic mass is 10.4. The van der Waals surface area contributed by atoms with Crippen LogP contribution in [0.15, 0.2) is 34.1 Å². The Labute approximate surface area is 90.4 Å². The third kappa shape index (κ3) is 1.78. The maximum Gasteiger partial charge on any atom is 0.281 e. The average molecular weight is 230 g/mol. The normalized spacial score (nSPS) is 9.43. The van der Waals surface area contributed by atoms with Crippen LogP contribution in [0.5, 0.6) is 0 Å². The molecular formula is C8H8ClN3OS. The first-order valence-corrected chi connectivity index (χ1v) is 4.58. The lowest BCUT2D eigenvalue weighted by molar-refractivity contribution is 0.946. The lowest BCUT2D eigenvalue weighted by Crippen LogP contribution is -2.20. The Bertz CT molecular complexity index is 466. The van der Waals surface area contributed by atoms with Crippen molar-refractivity contribution in [1.82, 2.24) is 9.55 Å². The van der Waals surface area contributed by atoms with Crippen LogP contribution in [0, 0.1) is 0 Å². The van der Waals surface area contributed by atoms with Gasteiger partial charge in [0.05, 0.1) is 11.9 Å². The first kappa shape index (κ1) is 10.7. The summed E-state index contributed by atoms with van der Waals surface area (Å²) >= 11 is 1.52. The summed E-state index contributed by atoms with van der Waals surface area (Å²) in [4.78, 5) is 15.3. The maximum atomic E-state index is 11.5. The molecule has 0 amide bonds. The zero-order valence-electron chi connectivity index (χ0n) is 7.08. The molecule has 0 unspecified atom stereocenters. The summed E-state index contributed by atoms with van der Waals surface area (Å²) in [5.41, 5.74) is 6.17. The van der Waals surface area contributed by atoms with Gasteiger partial charge in [-0.15, -0.1) is 12.4 Å². The topological polar surface area (TPSA) is 60.9 Å². The van der Waals surface area contributed by atoms with Crippen molar-refractivity contribution in [2.75, 3.05) is 5.73 Å². The summed E-state index contributed by atoms with van der Waals surface area (Å²) in [5, 5.41) is 3.76. The van der Waals surface area contributed by atoms with Gasteiger partial charge >= 0.3 is 0 Å². The molecule has 0 saturated carbocycles.